The molecule has 228 valence electrons. The van der Waals surface area contributed by atoms with E-state index in [9.17, 15) is 0 Å². The van der Waals surface area contributed by atoms with Crippen molar-refractivity contribution in [3.63, 3.8) is 0 Å². The van der Waals surface area contributed by atoms with Crippen LogP contribution < -0.4 is 0 Å². The Hall–Kier alpha value is -5.47. The van der Waals surface area contributed by atoms with Crippen LogP contribution in [0.5, 0.6) is 0 Å². The van der Waals surface area contributed by atoms with Gasteiger partial charge < -0.3 is 4.90 Å². The molecule has 2 aliphatic carbocycles. The Morgan fingerprint density at radius 1 is 0.681 bits per heavy atom. The number of allylic oxidation sites excluding steroid dienone is 4. The van der Waals surface area contributed by atoms with Gasteiger partial charge >= 0.3 is 0 Å². The first kappa shape index (κ1) is 29.0. The summed E-state index contributed by atoms with van der Waals surface area (Å²) in [6.07, 6.45) is 5.44. The molecule has 1 atom stereocenters. The minimum absolute atomic E-state index is 0.227. The van der Waals surface area contributed by atoms with Gasteiger partial charge in [0.25, 0.3) is 0 Å². The lowest BCUT2D eigenvalue weighted by atomic mass is 9.85. The van der Waals surface area contributed by atoms with Crippen molar-refractivity contribution in [2.45, 2.75) is 32.4 Å². The summed E-state index contributed by atoms with van der Waals surface area (Å²) in [5, 5.41) is 5.27. The highest BCUT2D eigenvalue weighted by Gasteiger charge is 2.27. The van der Waals surface area contributed by atoms with E-state index in [-0.39, 0.29) is 6.17 Å². The smallest absolute Gasteiger partial charge is 0.147 e. The molecule has 0 heterocycles. The number of hydrogen-bond donors (Lipinski definition) is 0. The number of rotatable bonds is 7. The first-order valence-corrected chi connectivity index (χ1v) is 16.6. The first-order valence-electron chi connectivity index (χ1n) is 16.6. The highest BCUT2D eigenvalue weighted by atomic mass is 15.2. The Balaban J connectivity index is 1.22. The lowest BCUT2D eigenvalue weighted by Gasteiger charge is -2.30. The summed E-state index contributed by atoms with van der Waals surface area (Å²) in [5.74, 6) is 0. The Morgan fingerprint density at radius 3 is 2.11 bits per heavy atom. The van der Waals surface area contributed by atoms with Crippen LogP contribution in [0.2, 0.25) is 0 Å². The third-order valence-electron chi connectivity index (χ3n) is 10.0. The van der Waals surface area contributed by atoms with Crippen molar-refractivity contribution < 1.29 is 0 Å². The van der Waals surface area contributed by atoms with Crippen LogP contribution in [0, 0.1) is 0 Å². The van der Waals surface area contributed by atoms with E-state index in [0.29, 0.717) is 0 Å². The summed E-state index contributed by atoms with van der Waals surface area (Å²) in [5.41, 5.74) is 13.8. The highest BCUT2D eigenvalue weighted by Crippen LogP contribution is 2.45. The molecule has 0 saturated carbocycles. The molecule has 2 heteroatoms. The normalized spacial score (nSPS) is 14.9. The molecular formula is C45H38N2. The van der Waals surface area contributed by atoms with Crippen LogP contribution in [-0.4, -0.2) is 17.7 Å². The van der Waals surface area contributed by atoms with Gasteiger partial charge in [-0.2, -0.15) is 0 Å². The average Bonchev–Trinajstić information content (AvgIpc) is 3.50. The standard InChI is InChI=1S/C45H38N2/c1-30(32-14-6-4-7-15-32)46-45(47(3)31(2)33-16-8-5-9-17-33)38-25-24-36-26-35-22-23-37(28-43(35)44(36)29-38)42-27-34-18-10-11-19-39(34)40-20-12-13-21-41(40)42/h4-21,24-25,27-29,45H,2,22-23,26H2,1,3H3. The molecule has 0 bridgehead atoms. The molecular weight excluding hydrogens is 569 g/mol. The third kappa shape index (κ3) is 5.30. The lowest BCUT2D eigenvalue weighted by molar-refractivity contribution is 0.368. The molecule has 6 aromatic rings. The summed E-state index contributed by atoms with van der Waals surface area (Å²) in [7, 11) is 2.11. The van der Waals surface area contributed by atoms with Gasteiger partial charge in [-0.1, -0.05) is 140 Å². The Bertz CT molecular complexity index is 2250. The van der Waals surface area contributed by atoms with Crippen LogP contribution in [0.25, 0.3) is 38.4 Å². The maximum atomic E-state index is 5.37. The van der Waals surface area contributed by atoms with Crippen molar-refractivity contribution >= 4 is 44.1 Å². The molecule has 0 amide bonds. The lowest BCUT2D eigenvalue weighted by Crippen LogP contribution is -2.23. The summed E-state index contributed by atoms with van der Waals surface area (Å²) in [6.45, 7) is 6.63. The summed E-state index contributed by atoms with van der Waals surface area (Å²) in [4.78, 5) is 7.59. The van der Waals surface area contributed by atoms with E-state index < -0.39 is 0 Å². The fourth-order valence-electron chi connectivity index (χ4n) is 7.45. The molecule has 0 N–H and O–H groups in total. The largest absolute Gasteiger partial charge is 0.349 e. The van der Waals surface area contributed by atoms with Crippen molar-refractivity contribution in [2.24, 2.45) is 4.99 Å². The third-order valence-corrected chi connectivity index (χ3v) is 10.0. The quantitative estimate of drug-likeness (QED) is 0.130. The zero-order valence-electron chi connectivity index (χ0n) is 27.1. The molecule has 0 fully saturated rings. The van der Waals surface area contributed by atoms with Gasteiger partial charge in [0.05, 0.1) is 0 Å². The van der Waals surface area contributed by atoms with E-state index >= 15 is 0 Å². The molecule has 0 radical (unpaired) electrons. The summed E-state index contributed by atoms with van der Waals surface area (Å²) < 4.78 is 0. The van der Waals surface area contributed by atoms with Crippen molar-refractivity contribution in [2.75, 3.05) is 7.05 Å². The Labute approximate surface area is 277 Å². The SMILES string of the molecule is C=C(c1ccccc1)N(C)C(N=C(C)c1ccccc1)c1ccc2c(c1)C1=C(CCC(c3cc4ccccc4c4ccccc34)=C1)C2. The maximum Gasteiger partial charge on any atom is 0.147 e. The van der Waals surface area contributed by atoms with Crippen LogP contribution in [0.4, 0.5) is 0 Å². The summed E-state index contributed by atoms with van der Waals surface area (Å²) >= 11 is 0. The van der Waals surface area contributed by atoms with Crippen LogP contribution in [0.3, 0.4) is 0 Å². The number of nitrogens with zero attached hydrogens (tertiary/aromatic N) is 2. The minimum Gasteiger partial charge on any atom is -0.349 e. The zero-order valence-corrected chi connectivity index (χ0v) is 27.1. The van der Waals surface area contributed by atoms with Crippen molar-refractivity contribution in [3.05, 3.63) is 185 Å². The predicted molar refractivity (Wildman–Crippen MR) is 200 cm³/mol. The van der Waals surface area contributed by atoms with Crippen molar-refractivity contribution in [1.82, 2.24) is 4.90 Å². The molecule has 0 saturated heterocycles. The van der Waals surface area contributed by atoms with Gasteiger partial charge in [0, 0.05) is 18.5 Å². The van der Waals surface area contributed by atoms with Crippen LogP contribution in [-0.2, 0) is 6.42 Å². The second-order valence-corrected chi connectivity index (χ2v) is 12.8. The number of hydrogen-bond acceptors (Lipinski definition) is 2. The molecule has 8 rings (SSSR count). The molecule has 0 aromatic heterocycles. The van der Waals surface area contributed by atoms with E-state index in [2.05, 4.69) is 159 Å². The van der Waals surface area contributed by atoms with Crippen molar-refractivity contribution in [3.8, 4) is 0 Å². The molecule has 6 aromatic carbocycles. The van der Waals surface area contributed by atoms with Crippen molar-refractivity contribution in [1.29, 1.82) is 0 Å². The van der Waals surface area contributed by atoms with Gasteiger partial charge in [0.1, 0.15) is 6.17 Å². The van der Waals surface area contributed by atoms with Crippen LogP contribution >= 0.6 is 0 Å². The topological polar surface area (TPSA) is 15.6 Å². The number of fused-ring (bicyclic) bond motifs is 5. The average molecular weight is 607 g/mol. The van der Waals surface area contributed by atoms with Crippen LogP contribution in [0.1, 0.15) is 59.3 Å². The van der Waals surface area contributed by atoms with Gasteiger partial charge in [-0.05, 0) is 104 Å². The maximum absolute atomic E-state index is 5.37. The first-order chi connectivity index (χ1) is 23.0. The van der Waals surface area contributed by atoms with Gasteiger partial charge in [-0.25, -0.2) is 0 Å². The fourth-order valence-corrected chi connectivity index (χ4v) is 7.45. The molecule has 1 unspecified atom stereocenters. The molecule has 0 spiro atoms. The van der Waals surface area contributed by atoms with Gasteiger partial charge in [-0.3, -0.25) is 4.99 Å². The molecule has 2 nitrogen and oxygen atoms in total. The minimum atomic E-state index is -0.227. The Morgan fingerprint density at radius 2 is 1.34 bits per heavy atom. The zero-order chi connectivity index (χ0) is 31.9. The predicted octanol–water partition coefficient (Wildman–Crippen LogP) is 11.3. The van der Waals surface area contributed by atoms with E-state index in [4.69, 9.17) is 4.99 Å². The van der Waals surface area contributed by atoms with E-state index in [1.807, 2.05) is 6.07 Å². The monoisotopic (exact) mass is 606 g/mol. The van der Waals surface area contributed by atoms with Gasteiger partial charge in [0.15, 0.2) is 0 Å². The van der Waals surface area contributed by atoms with E-state index in [1.54, 1.807) is 5.57 Å². The molecule has 47 heavy (non-hydrogen) atoms. The second-order valence-electron chi connectivity index (χ2n) is 12.8. The van der Waals surface area contributed by atoms with Gasteiger partial charge in [0.2, 0.25) is 0 Å². The van der Waals surface area contributed by atoms with E-state index in [0.717, 1.165) is 41.8 Å². The fraction of sp³-hybridized carbons (Fsp3) is 0.133. The Kier molecular flexibility index (Phi) is 7.42. The molecule has 2 aliphatic rings. The highest BCUT2D eigenvalue weighted by molar-refractivity contribution is 6.12. The number of aliphatic imine (C=N–C) groups is 1. The second kappa shape index (κ2) is 12.0. The summed E-state index contributed by atoms with van der Waals surface area (Å²) in [6, 6.07) is 48.0. The molecule has 0 aliphatic heterocycles. The number of benzene rings is 6. The van der Waals surface area contributed by atoms with E-state index in [1.165, 1.54) is 54.9 Å². The van der Waals surface area contributed by atoms with Gasteiger partial charge in [-0.15, -0.1) is 0 Å². The van der Waals surface area contributed by atoms with Crippen LogP contribution in [0.15, 0.2) is 157 Å².